The Morgan fingerprint density at radius 1 is 1.22 bits per heavy atom. The first kappa shape index (κ1) is 20.5. The van der Waals surface area contributed by atoms with Crippen LogP contribution in [0.3, 0.4) is 0 Å². The van der Waals surface area contributed by atoms with Crippen molar-refractivity contribution in [3.05, 3.63) is 48.5 Å². The summed E-state index contributed by atoms with van der Waals surface area (Å²) in [5, 5.41) is 13.7. The van der Waals surface area contributed by atoms with E-state index in [1.54, 1.807) is 7.11 Å². The highest BCUT2D eigenvalue weighted by atomic mass is 32.2. The lowest BCUT2D eigenvalue weighted by Gasteiger charge is -2.05. The van der Waals surface area contributed by atoms with Gasteiger partial charge >= 0.3 is 0 Å². The van der Waals surface area contributed by atoms with Crippen LogP contribution in [0.15, 0.2) is 58.1 Å². The minimum absolute atomic E-state index is 0.156. The molecule has 0 spiro atoms. The topological polar surface area (TPSA) is 95.1 Å². The number of amides is 1. The van der Waals surface area contributed by atoms with Crippen LogP contribution in [0.2, 0.25) is 0 Å². The molecule has 0 atom stereocenters. The van der Waals surface area contributed by atoms with E-state index in [9.17, 15) is 4.79 Å². The SMILES string of the molecule is CCn1c(SCC(=O)Nc2nc3ccc(OC)cc3s2)nnc1-c1cc2ccccc2o1. The van der Waals surface area contributed by atoms with Gasteiger partial charge in [-0.25, -0.2) is 4.98 Å². The van der Waals surface area contributed by atoms with Crippen LogP contribution in [0.5, 0.6) is 5.75 Å². The molecular formula is C22H19N5O3S2. The maximum absolute atomic E-state index is 12.5. The number of nitrogens with one attached hydrogen (secondary N) is 1. The number of hydrogen-bond acceptors (Lipinski definition) is 8. The standard InChI is InChI=1S/C22H19N5O3S2/c1-3-27-20(17-10-13-6-4-5-7-16(13)30-17)25-26-22(27)31-12-19(28)24-21-23-15-9-8-14(29-2)11-18(15)32-21/h4-11H,3,12H2,1-2H3,(H,23,24,28). The van der Waals surface area contributed by atoms with Crippen LogP contribution < -0.4 is 10.1 Å². The van der Waals surface area contributed by atoms with Gasteiger partial charge in [-0.3, -0.25) is 9.36 Å². The van der Waals surface area contributed by atoms with Gasteiger partial charge in [0.15, 0.2) is 16.0 Å². The van der Waals surface area contributed by atoms with E-state index in [1.807, 2.05) is 60.0 Å². The van der Waals surface area contributed by atoms with Crippen LogP contribution >= 0.6 is 23.1 Å². The summed E-state index contributed by atoms with van der Waals surface area (Å²) in [5.74, 6) is 2.09. The summed E-state index contributed by atoms with van der Waals surface area (Å²) in [4.78, 5) is 17.0. The van der Waals surface area contributed by atoms with Crippen molar-refractivity contribution in [2.45, 2.75) is 18.6 Å². The van der Waals surface area contributed by atoms with Crippen LogP contribution in [0, 0.1) is 0 Å². The number of furan rings is 1. The molecule has 0 saturated carbocycles. The molecule has 0 unspecified atom stereocenters. The summed E-state index contributed by atoms with van der Waals surface area (Å²) in [5.41, 5.74) is 1.62. The first-order valence-corrected chi connectivity index (χ1v) is 11.7. The van der Waals surface area contributed by atoms with Crippen molar-refractivity contribution in [3.63, 3.8) is 0 Å². The number of rotatable bonds is 7. The molecule has 3 aromatic heterocycles. The van der Waals surface area contributed by atoms with Crippen molar-refractivity contribution < 1.29 is 13.9 Å². The van der Waals surface area contributed by atoms with Gasteiger partial charge in [0, 0.05) is 11.9 Å². The fourth-order valence-electron chi connectivity index (χ4n) is 3.33. The highest BCUT2D eigenvalue weighted by Crippen LogP contribution is 2.31. The number of aromatic nitrogens is 4. The molecule has 162 valence electrons. The minimum Gasteiger partial charge on any atom is -0.497 e. The maximum atomic E-state index is 12.5. The van der Waals surface area contributed by atoms with Crippen molar-refractivity contribution in [1.29, 1.82) is 0 Å². The Morgan fingerprint density at radius 2 is 2.09 bits per heavy atom. The average Bonchev–Trinajstić information content (AvgIpc) is 3.51. The van der Waals surface area contributed by atoms with Crippen molar-refractivity contribution in [1.82, 2.24) is 19.7 Å². The van der Waals surface area contributed by atoms with Gasteiger partial charge in [0.2, 0.25) is 11.7 Å². The third kappa shape index (κ3) is 3.94. The predicted octanol–water partition coefficient (Wildman–Crippen LogP) is 5.06. The molecule has 0 aliphatic carbocycles. The Morgan fingerprint density at radius 3 is 2.91 bits per heavy atom. The van der Waals surface area contributed by atoms with Gasteiger partial charge in [-0.05, 0) is 37.3 Å². The molecule has 10 heteroatoms. The zero-order valence-corrected chi connectivity index (χ0v) is 19.0. The number of fused-ring (bicyclic) bond motifs is 2. The first-order chi connectivity index (χ1) is 15.6. The quantitative estimate of drug-likeness (QED) is 0.336. The fourth-order valence-corrected chi connectivity index (χ4v) is 5.04. The largest absolute Gasteiger partial charge is 0.497 e. The molecule has 2 aromatic carbocycles. The number of thiazole rings is 1. The van der Waals surface area contributed by atoms with Crippen molar-refractivity contribution in [2.24, 2.45) is 0 Å². The van der Waals surface area contributed by atoms with Gasteiger partial charge < -0.3 is 14.5 Å². The molecule has 0 fully saturated rings. The van der Waals surface area contributed by atoms with E-state index >= 15 is 0 Å². The number of thioether (sulfide) groups is 1. The molecule has 0 bridgehead atoms. The van der Waals surface area contributed by atoms with Gasteiger partial charge in [0.1, 0.15) is 11.3 Å². The van der Waals surface area contributed by atoms with E-state index in [4.69, 9.17) is 9.15 Å². The molecule has 5 aromatic rings. The van der Waals surface area contributed by atoms with Crippen LogP contribution in [0.1, 0.15) is 6.92 Å². The number of nitrogens with zero attached hydrogens (tertiary/aromatic N) is 4. The first-order valence-electron chi connectivity index (χ1n) is 9.94. The Kier molecular flexibility index (Phi) is 5.54. The second kappa shape index (κ2) is 8.64. The molecule has 0 aliphatic rings. The van der Waals surface area contributed by atoms with Crippen LogP contribution in [-0.4, -0.2) is 38.5 Å². The summed E-state index contributed by atoms with van der Waals surface area (Å²) in [7, 11) is 1.62. The number of hydrogen-bond donors (Lipinski definition) is 1. The molecular weight excluding hydrogens is 446 g/mol. The van der Waals surface area contributed by atoms with Crippen LogP contribution in [0.25, 0.3) is 32.8 Å². The van der Waals surface area contributed by atoms with Gasteiger partial charge in [-0.15, -0.1) is 10.2 Å². The lowest BCUT2D eigenvalue weighted by Crippen LogP contribution is -2.14. The monoisotopic (exact) mass is 465 g/mol. The molecule has 0 radical (unpaired) electrons. The zero-order chi connectivity index (χ0) is 22.1. The number of ether oxygens (including phenoxy) is 1. The minimum atomic E-state index is -0.156. The lowest BCUT2D eigenvalue weighted by molar-refractivity contribution is -0.113. The third-order valence-electron chi connectivity index (χ3n) is 4.85. The molecule has 8 nitrogen and oxygen atoms in total. The van der Waals surface area contributed by atoms with E-state index in [0.29, 0.717) is 28.4 Å². The number of anilines is 1. The van der Waals surface area contributed by atoms with Gasteiger partial charge in [0.05, 0.1) is 23.1 Å². The molecule has 1 amide bonds. The second-order valence-electron chi connectivity index (χ2n) is 6.89. The Bertz CT molecular complexity index is 1390. The Labute approximate surface area is 191 Å². The summed E-state index contributed by atoms with van der Waals surface area (Å²) >= 11 is 2.74. The number of methoxy groups -OCH3 is 1. The number of carbonyl (C=O) groups is 1. The molecule has 0 saturated heterocycles. The van der Waals surface area contributed by atoms with Crippen molar-refractivity contribution in [2.75, 3.05) is 18.2 Å². The Hall–Kier alpha value is -3.37. The predicted molar refractivity (Wildman–Crippen MR) is 126 cm³/mol. The summed E-state index contributed by atoms with van der Waals surface area (Å²) in [6.45, 7) is 2.66. The van der Waals surface area contributed by atoms with E-state index in [-0.39, 0.29) is 11.7 Å². The lowest BCUT2D eigenvalue weighted by atomic mass is 10.2. The second-order valence-corrected chi connectivity index (χ2v) is 8.86. The van der Waals surface area contributed by atoms with Gasteiger partial charge in [-0.1, -0.05) is 41.3 Å². The molecule has 1 N–H and O–H groups in total. The molecule has 5 rings (SSSR count). The number of carbonyl (C=O) groups excluding carboxylic acids is 1. The summed E-state index contributed by atoms with van der Waals surface area (Å²) in [6.07, 6.45) is 0. The third-order valence-corrected chi connectivity index (χ3v) is 6.75. The number of benzene rings is 2. The highest BCUT2D eigenvalue weighted by Gasteiger charge is 2.18. The van der Waals surface area contributed by atoms with E-state index in [2.05, 4.69) is 20.5 Å². The normalized spacial score (nSPS) is 11.3. The number of para-hydroxylation sites is 1. The average molecular weight is 466 g/mol. The van der Waals surface area contributed by atoms with E-state index in [1.165, 1.54) is 23.1 Å². The molecule has 3 heterocycles. The van der Waals surface area contributed by atoms with Crippen LogP contribution in [-0.2, 0) is 11.3 Å². The van der Waals surface area contributed by atoms with Crippen molar-refractivity contribution in [3.8, 4) is 17.3 Å². The molecule has 32 heavy (non-hydrogen) atoms. The smallest absolute Gasteiger partial charge is 0.236 e. The molecule has 0 aliphatic heterocycles. The van der Waals surface area contributed by atoms with Crippen molar-refractivity contribution >= 4 is 55.3 Å². The summed E-state index contributed by atoms with van der Waals surface area (Å²) < 4.78 is 14.1. The maximum Gasteiger partial charge on any atom is 0.236 e. The van der Waals surface area contributed by atoms with E-state index < -0.39 is 0 Å². The van der Waals surface area contributed by atoms with Gasteiger partial charge in [-0.2, -0.15) is 0 Å². The van der Waals surface area contributed by atoms with E-state index in [0.717, 1.165) is 26.9 Å². The fraction of sp³-hybridized carbons (Fsp3) is 0.182. The zero-order valence-electron chi connectivity index (χ0n) is 17.4. The van der Waals surface area contributed by atoms with Crippen LogP contribution in [0.4, 0.5) is 5.13 Å². The summed E-state index contributed by atoms with van der Waals surface area (Å²) in [6, 6.07) is 15.4. The highest BCUT2D eigenvalue weighted by molar-refractivity contribution is 7.99. The Balaban J connectivity index is 1.29. The van der Waals surface area contributed by atoms with Gasteiger partial charge in [0.25, 0.3) is 0 Å².